The summed E-state index contributed by atoms with van der Waals surface area (Å²) >= 11 is 0. The fourth-order valence-corrected chi connectivity index (χ4v) is 2.55. The highest BCUT2D eigenvalue weighted by molar-refractivity contribution is 5.95. The van der Waals surface area contributed by atoms with Gasteiger partial charge in [-0.25, -0.2) is 4.98 Å². The number of carbonyl (C=O) groups is 1. The number of hydrogen-bond acceptors (Lipinski definition) is 6. The molecular formula is C17H20N6O2. The van der Waals surface area contributed by atoms with Crippen LogP contribution in [0.25, 0.3) is 11.6 Å². The molecule has 3 aromatic rings. The molecule has 0 aliphatic rings. The van der Waals surface area contributed by atoms with Crippen LogP contribution in [-0.4, -0.2) is 31.2 Å². The van der Waals surface area contributed by atoms with Gasteiger partial charge >= 0.3 is 0 Å². The Balaban J connectivity index is 1.83. The van der Waals surface area contributed by atoms with Crippen LogP contribution in [0.4, 0.5) is 0 Å². The third-order valence-electron chi connectivity index (χ3n) is 3.93. The highest BCUT2D eigenvalue weighted by Crippen LogP contribution is 2.23. The zero-order valence-corrected chi connectivity index (χ0v) is 14.4. The van der Waals surface area contributed by atoms with Crippen LogP contribution in [0.2, 0.25) is 0 Å². The van der Waals surface area contributed by atoms with Gasteiger partial charge in [0, 0.05) is 5.56 Å². The summed E-state index contributed by atoms with van der Waals surface area (Å²) < 4.78 is 5.34. The number of H-pyrrole nitrogens is 1. The number of hydrogen-bond donors (Lipinski definition) is 2. The van der Waals surface area contributed by atoms with E-state index in [1.807, 2.05) is 45.0 Å². The lowest BCUT2D eigenvalue weighted by Gasteiger charge is -2.19. The van der Waals surface area contributed by atoms with Gasteiger partial charge in [0.25, 0.3) is 5.91 Å². The molecule has 1 amide bonds. The predicted octanol–water partition coefficient (Wildman–Crippen LogP) is 2.54. The molecule has 1 aromatic carbocycles. The molecule has 0 aliphatic heterocycles. The highest BCUT2D eigenvalue weighted by atomic mass is 16.5. The lowest BCUT2D eigenvalue weighted by molar-refractivity contribution is 0.0913. The van der Waals surface area contributed by atoms with E-state index in [1.165, 1.54) is 6.33 Å². The SMILES string of the molecule is CCc1ccccc1C(=O)N[C@H](c1nc(-c2ncn[nH]2)no1)C(C)C. The Hall–Kier alpha value is -3.03. The van der Waals surface area contributed by atoms with Crippen molar-refractivity contribution < 1.29 is 9.32 Å². The van der Waals surface area contributed by atoms with Crippen molar-refractivity contribution in [3.05, 3.63) is 47.6 Å². The molecule has 0 unspecified atom stereocenters. The minimum atomic E-state index is -0.401. The molecule has 25 heavy (non-hydrogen) atoms. The molecule has 1 atom stereocenters. The second-order valence-corrected chi connectivity index (χ2v) is 6.00. The van der Waals surface area contributed by atoms with Crippen molar-refractivity contribution in [3.8, 4) is 11.6 Å². The molecule has 0 bridgehead atoms. The van der Waals surface area contributed by atoms with Crippen LogP contribution in [0.5, 0.6) is 0 Å². The monoisotopic (exact) mass is 340 g/mol. The van der Waals surface area contributed by atoms with Gasteiger partial charge in [-0.3, -0.25) is 9.89 Å². The maximum absolute atomic E-state index is 12.7. The molecule has 0 saturated heterocycles. The van der Waals surface area contributed by atoms with E-state index < -0.39 is 6.04 Å². The van der Waals surface area contributed by atoms with Gasteiger partial charge in [-0.05, 0) is 24.0 Å². The van der Waals surface area contributed by atoms with Crippen molar-refractivity contribution in [1.82, 2.24) is 30.6 Å². The van der Waals surface area contributed by atoms with E-state index in [-0.39, 0.29) is 11.8 Å². The van der Waals surface area contributed by atoms with Gasteiger partial charge in [-0.15, -0.1) is 0 Å². The van der Waals surface area contributed by atoms with Gasteiger partial charge in [-0.1, -0.05) is 44.1 Å². The third-order valence-corrected chi connectivity index (χ3v) is 3.93. The number of rotatable bonds is 6. The van der Waals surface area contributed by atoms with Gasteiger partial charge in [-0.2, -0.15) is 10.1 Å². The molecule has 2 aromatic heterocycles. The summed E-state index contributed by atoms with van der Waals surface area (Å²) in [6, 6.07) is 7.15. The van der Waals surface area contributed by atoms with E-state index >= 15 is 0 Å². The first-order chi connectivity index (χ1) is 12.1. The van der Waals surface area contributed by atoms with Gasteiger partial charge in [0.15, 0.2) is 5.82 Å². The molecule has 2 N–H and O–H groups in total. The molecule has 130 valence electrons. The largest absolute Gasteiger partial charge is 0.340 e. The van der Waals surface area contributed by atoms with Crippen LogP contribution >= 0.6 is 0 Å². The minimum absolute atomic E-state index is 0.0702. The Kier molecular flexibility index (Phi) is 4.87. The number of aromatic nitrogens is 5. The zero-order valence-electron chi connectivity index (χ0n) is 14.4. The molecular weight excluding hydrogens is 320 g/mol. The smallest absolute Gasteiger partial charge is 0.252 e. The van der Waals surface area contributed by atoms with Crippen molar-refractivity contribution in [3.63, 3.8) is 0 Å². The Bertz CT molecular complexity index is 840. The predicted molar refractivity (Wildman–Crippen MR) is 90.5 cm³/mol. The zero-order chi connectivity index (χ0) is 17.8. The number of nitrogens with one attached hydrogen (secondary N) is 2. The Morgan fingerprint density at radius 3 is 2.80 bits per heavy atom. The van der Waals surface area contributed by atoms with E-state index in [2.05, 4.69) is 30.6 Å². The van der Waals surface area contributed by atoms with Crippen molar-refractivity contribution >= 4 is 5.91 Å². The second kappa shape index (κ2) is 7.25. The maximum Gasteiger partial charge on any atom is 0.252 e. The lowest BCUT2D eigenvalue weighted by Crippen LogP contribution is -2.32. The average molecular weight is 340 g/mol. The fourth-order valence-electron chi connectivity index (χ4n) is 2.55. The van der Waals surface area contributed by atoms with Gasteiger partial charge in [0.05, 0.1) is 0 Å². The number of nitrogens with zero attached hydrogens (tertiary/aromatic N) is 4. The first-order valence-electron chi connectivity index (χ1n) is 8.18. The summed E-state index contributed by atoms with van der Waals surface area (Å²) in [5.41, 5.74) is 1.65. The van der Waals surface area contributed by atoms with Crippen molar-refractivity contribution in [1.29, 1.82) is 0 Å². The number of aryl methyl sites for hydroxylation is 1. The summed E-state index contributed by atoms with van der Waals surface area (Å²) in [6.07, 6.45) is 2.15. The fraction of sp³-hybridized carbons (Fsp3) is 0.353. The van der Waals surface area contributed by atoms with Gasteiger partial charge < -0.3 is 9.84 Å². The van der Waals surface area contributed by atoms with E-state index in [9.17, 15) is 4.79 Å². The van der Waals surface area contributed by atoms with Crippen LogP contribution < -0.4 is 5.32 Å². The summed E-state index contributed by atoms with van der Waals surface area (Å²) in [5, 5.41) is 13.4. The summed E-state index contributed by atoms with van der Waals surface area (Å²) in [5.74, 6) is 0.974. The maximum atomic E-state index is 12.7. The molecule has 2 heterocycles. The first kappa shape index (κ1) is 16.8. The molecule has 3 rings (SSSR count). The molecule has 8 nitrogen and oxygen atoms in total. The van der Waals surface area contributed by atoms with Crippen LogP contribution in [-0.2, 0) is 6.42 Å². The molecule has 0 aliphatic carbocycles. The first-order valence-corrected chi connectivity index (χ1v) is 8.18. The number of benzene rings is 1. The van der Waals surface area contributed by atoms with Crippen molar-refractivity contribution in [2.24, 2.45) is 5.92 Å². The van der Waals surface area contributed by atoms with Crippen LogP contribution in [0, 0.1) is 5.92 Å². The molecule has 0 spiro atoms. The van der Waals surface area contributed by atoms with Crippen LogP contribution in [0.3, 0.4) is 0 Å². The molecule has 8 heteroatoms. The van der Waals surface area contributed by atoms with E-state index in [4.69, 9.17) is 4.52 Å². The molecule has 0 fully saturated rings. The highest BCUT2D eigenvalue weighted by Gasteiger charge is 2.26. The lowest BCUT2D eigenvalue weighted by atomic mass is 10.0. The summed E-state index contributed by atoms with van der Waals surface area (Å²) in [6.45, 7) is 5.98. The number of carbonyl (C=O) groups excluding carboxylic acids is 1. The standard InChI is InChI=1S/C17H20N6O2/c1-4-11-7-5-6-8-12(11)16(24)20-13(10(2)3)17-21-15(23-25-17)14-18-9-19-22-14/h5-10,13H,4H2,1-3H3,(H,20,24)(H,18,19,22)/t13-/m0/s1. The topological polar surface area (TPSA) is 110 Å². The van der Waals surface area contributed by atoms with Crippen LogP contribution in [0.1, 0.15) is 48.6 Å². The molecule has 0 radical (unpaired) electrons. The normalized spacial score (nSPS) is 12.3. The quantitative estimate of drug-likeness (QED) is 0.713. The van der Waals surface area contributed by atoms with E-state index in [0.29, 0.717) is 23.1 Å². The Morgan fingerprint density at radius 2 is 2.12 bits per heavy atom. The Morgan fingerprint density at radius 1 is 1.32 bits per heavy atom. The van der Waals surface area contributed by atoms with E-state index in [1.54, 1.807) is 0 Å². The number of aromatic amines is 1. The summed E-state index contributed by atoms with van der Waals surface area (Å²) in [7, 11) is 0. The third kappa shape index (κ3) is 3.57. The van der Waals surface area contributed by atoms with Crippen LogP contribution in [0.15, 0.2) is 35.1 Å². The van der Waals surface area contributed by atoms with E-state index in [0.717, 1.165) is 12.0 Å². The Labute approximate surface area is 145 Å². The van der Waals surface area contributed by atoms with Gasteiger partial charge in [0.1, 0.15) is 12.4 Å². The van der Waals surface area contributed by atoms with Crippen molar-refractivity contribution in [2.45, 2.75) is 33.2 Å². The summed E-state index contributed by atoms with van der Waals surface area (Å²) in [4.78, 5) is 21.1. The number of amides is 1. The average Bonchev–Trinajstić information content (AvgIpc) is 3.30. The second-order valence-electron chi connectivity index (χ2n) is 6.00. The molecule has 0 saturated carbocycles. The van der Waals surface area contributed by atoms with Crippen molar-refractivity contribution in [2.75, 3.05) is 0 Å². The minimum Gasteiger partial charge on any atom is -0.340 e. The van der Waals surface area contributed by atoms with Gasteiger partial charge in [0.2, 0.25) is 11.7 Å².